The number of piperazine rings is 1. The molecule has 5 heteroatoms. The number of fused-ring (bicyclic) bond motifs is 1. The van der Waals surface area contributed by atoms with E-state index in [0.717, 1.165) is 26.2 Å². The number of ether oxygens (including phenoxy) is 1. The molecule has 0 spiro atoms. The Hall–Kier alpha value is -3.08. The van der Waals surface area contributed by atoms with Gasteiger partial charge < -0.3 is 14.5 Å². The number of para-hydroxylation sites is 2. The van der Waals surface area contributed by atoms with Gasteiger partial charge in [-0.05, 0) is 24.3 Å². The first-order valence-electron chi connectivity index (χ1n) is 8.34. The van der Waals surface area contributed by atoms with E-state index < -0.39 is 5.97 Å². The minimum Gasteiger partial charge on any atom is -0.422 e. The lowest BCUT2D eigenvalue weighted by Crippen LogP contribution is -2.44. The van der Waals surface area contributed by atoms with Crippen molar-refractivity contribution >= 4 is 17.4 Å². The average molecular weight is 334 g/mol. The zero-order valence-corrected chi connectivity index (χ0v) is 13.7. The highest BCUT2D eigenvalue weighted by atomic mass is 16.5. The van der Waals surface area contributed by atoms with Crippen LogP contribution in [0.2, 0.25) is 0 Å². The molecule has 0 amide bonds. The molecule has 0 aliphatic carbocycles. The predicted molar refractivity (Wildman–Crippen MR) is 94.7 cm³/mol. The van der Waals surface area contributed by atoms with E-state index >= 15 is 0 Å². The van der Waals surface area contributed by atoms with Crippen LogP contribution in [0.5, 0.6) is 5.75 Å². The van der Waals surface area contributed by atoms with Crippen LogP contribution in [0.15, 0.2) is 66.4 Å². The van der Waals surface area contributed by atoms with Crippen LogP contribution in [0, 0.1) is 0 Å². The molecule has 5 nitrogen and oxygen atoms in total. The van der Waals surface area contributed by atoms with Gasteiger partial charge in [-0.2, -0.15) is 0 Å². The van der Waals surface area contributed by atoms with Gasteiger partial charge >= 0.3 is 5.97 Å². The van der Waals surface area contributed by atoms with E-state index in [1.165, 1.54) is 5.69 Å². The molecule has 0 N–H and O–H groups in total. The highest BCUT2D eigenvalue weighted by Gasteiger charge is 2.31. The van der Waals surface area contributed by atoms with Crippen molar-refractivity contribution in [3.63, 3.8) is 0 Å². The first kappa shape index (κ1) is 15.4. The summed E-state index contributed by atoms with van der Waals surface area (Å²) in [5, 5.41) is 0. The standard InChI is InChI=1S/C20H18N2O3/c23-19-16-8-4-5-9-18(16)25-20(24)17(19)14-21-10-12-22(13-11-21)15-6-2-1-3-7-15/h1-9,14H,10-13H2. The van der Waals surface area contributed by atoms with E-state index in [4.69, 9.17) is 4.74 Å². The van der Waals surface area contributed by atoms with Crippen molar-refractivity contribution in [1.29, 1.82) is 0 Å². The van der Waals surface area contributed by atoms with Crippen LogP contribution in [-0.2, 0) is 4.79 Å². The minimum absolute atomic E-state index is 0.104. The molecule has 2 aromatic carbocycles. The zero-order valence-electron chi connectivity index (χ0n) is 13.7. The topological polar surface area (TPSA) is 49.9 Å². The molecule has 2 aliphatic rings. The summed E-state index contributed by atoms with van der Waals surface area (Å²) >= 11 is 0. The maximum absolute atomic E-state index is 12.6. The van der Waals surface area contributed by atoms with E-state index in [9.17, 15) is 9.59 Å². The molecule has 25 heavy (non-hydrogen) atoms. The normalized spacial score (nSPS) is 19.0. The molecular weight excluding hydrogens is 316 g/mol. The molecule has 0 unspecified atom stereocenters. The number of ketones is 1. The first-order valence-corrected chi connectivity index (χ1v) is 8.34. The lowest BCUT2D eigenvalue weighted by molar-refractivity contribution is -0.130. The summed E-state index contributed by atoms with van der Waals surface area (Å²) in [7, 11) is 0. The monoisotopic (exact) mass is 334 g/mol. The molecule has 126 valence electrons. The Morgan fingerprint density at radius 2 is 1.52 bits per heavy atom. The fraction of sp³-hybridized carbons (Fsp3) is 0.200. The Bertz CT molecular complexity index is 837. The van der Waals surface area contributed by atoms with Crippen LogP contribution in [-0.4, -0.2) is 42.8 Å². The van der Waals surface area contributed by atoms with Crippen molar-refractivity contribution in [3.8, 4) is 5.75 Å². The quantitative estimate of drug-likeness (QED) is 0.365. The second-order valence-corrected chi connectivity index (χ2v) is 6.12. The Balaban J connectivity index is 1.49. The zero-order chi connectivity index (χ0) is 17.2. The molecule has 1 fully saturated rings. The number of rotatable bonds is 2. The van der Waals surface area contributed by atoms with Crippen LogP contribution in [0.25, 0.3) is 0 Å². The number of benzene rings is 2. The number of carbonyl (C=O) groups is 2. The second-order valence-electron chi connectivity index (χ2n) is 6.12. The number of carbonyl (C=O) groups excluding carboxylic acids is 2. The lowest BCUT2D eigenvalue weighted by Gasteiger charge is -2.36. The van der Waals surface area contributed by atoms with E-state index in [1.54, 1.807) is 30.5 Å². The van der Waals surface area contributed by atoms with Gasteiger partial charge in [-0.1, -0.05) is 30.3 Å². The number of esters is 1. The molecule has 1 saturated heterocycles. The van der Waals surface area contributed by atoms with Gasteiger partial charge in [0.1, 0.15) is 11.3 Å². The molecular formula is C20H18N2O3. The number of hydrogen-bond donors (Lipinski definition) is 0. The van der Waals surface area contributed by atoms with Crippen LogP contribution in [0.4, 0.5) is 5.69 Å². The Labute approximate surface area is 146 Å². The second kappa shape index (κ2) is 6.43. The van der Waals surface area contributed by atoms with Crippen LogP contribution in [0.3, 0.4) is 0 Å². The molecule has 2 heterocycles. The highest BCUT2D eigenvalue weighted by molar-refractivity contribution is 6.27. The van der Waals surface area contributed by atoms with Gasteiger partial charge in [0.05, 0.1) is 5.56 Å². The average Bonchev–Trinajstić information content (AvgIpc) is 2.66. The summed E-state index contributed by atoms with van der Waals surface area (Å²) in [4.78, 5) is 29.1. The van der Waals surface area contributed by atoms with Gasteiger partial charge in [0.2, 0.25) is 5.78 Å². The van der Waals surface area contributed by atoms with Gasteiger partial charge in [-0.15, -0.1) is 0 Å². The maximum Gasteiger partial charge on any atom is 0.349 e. The molecule has 0 atom stereocenters. The Kier molecular flexibility index (Phi) is 3.98. The molecule has 0 bridgehead atoms. The van der Waals surface area contributed by atoms with Crippen LogP contribution >= 0.6 is 0 Å². The van der Waals surface area contributed by atoms with Gasteiger partial charge in [-0.25, -0.2) is 4.79 Å². The predicted octanol–water partition coefficient (Wildman–Crippen LogP) is 2.49. The van der Waals surface area contributed by atoms with Gasteiger partial charge in [-0.3, -0.25) is 4.79 Å². The van der Waals surface area contributed by atoms with Crippen LogP contribution < -0.4 is 9.64 Å². The Morgan fingerprint density at radius 1 is 0.840 bits per heavy atom. The summed E-state index contributed by atoms with van der Waals surface area (Å²) in [6, 6.07) is 17.1. The van der Waals surface area contributed by atoms with Crippen molar-refractivity contribution < 1.29 is 14.3 Å². The molecule has 0 aromatic heterocycles. The molecule has 4 rings (SSSR count). The molecule has 0 saturated carbocycles. The summed E-state index contributed by atoms with van der Waals surface area (Å²) in [5.41, 5.74) is 1.74. The third kappa shape index (κ3) is 3.01. The molecule has 2 aliphatic heterocycles. The Morgan fingerprint density at radius 3 is 2.28 bits per heavy atom. The number of Topliss-reactive ketones (excluding diaryl/α,β-unsaturated/α-hetero) is 1. The number of hydrogen-bond acceptors (Lipinski definition) is 5. The van der Waals surface area contributed by atoms with Crippen molar-refractivity contribution in [2.75, 3.05) is 31.1 Å². The molecule has 2 aromatic rings. The first-order chi connectivity index (χ1) is 12.2. The van der Waals surface area contributed by atoms with Gasteiger partial charge in [0.15, 0.2) is 0 Å². The molecule has 0 radical (unpaired) electrons. The highest BCUT2D eigenvalue weighted by Crippen LogP contribution is 2.27. The SMILES string of the molecule is O=C1Oc2ccccc2C(=O)C1=CN1CCN(c2ccccc2)CC1. The summed E-state index contributed by atoms with van der Waals surface area (Å²) in [6.07, 6.45) is 1.66. The van der Waals surface area contributed by atoms with E-state index in [-0.39, 0.29) is 11.4 Å². The number of nitrogens with zero attached hydrogens (tertiary/aromatic N) is 2. The van der Waals surface area contributed by atoms with Crippen molar-refractivity contribution in [2.45, 2.75) is 0 Å². The van der Waals surface area contributed by atoms with Gasteiger partial charge in [0, 0.05) is 38.1 Å². The maximum atomic E-state index is 12.6. The smallest absolute Gasteiger partial charge is 0.349 e. The third-order valence-electron chi connectivity index (χ3n) is 4.55. The largest absolute Gasteiger partial charge is 0.422 e. The van der Waals surface area contributed by atoms with E-state index in [2.05, 4.69) is 17.0 Å². The summed E-state index contributed by atoms with van der Waals surface area (Å²) in [5.74, 6) is -0.505. The van der Waals surface area contributed by atoms with Crippen molar-refractivity contribution in [1.82, 2.24) is 4.90 Å². The van der Waals surface area contributed by atoms with Crippen molar-refractivity contribution in [2.24, 2.45) is 0 Å². The minimum atomic E-state index is -0.575. The number of anilines is 1. The van der Waals surface area contributed by atoms with E-state index in [0.29, 0.717) is 11.3 Å². The fourth-order valence-electron chi connectivity index (χ4n) is 3.18. The fourth-order valence-corrected chi connectivity index (χ4v) is 3.18. The summed E-state index contributed by atoms with van der Waals surface area (Å²) < 4.78 is 5.28. The lowest BCUT2D eigenvalue weighted by atomic mass is 10.0. The summed E-state index contributed by atoms with van der Waals surface area (Å²) in [6.45, 7) is 3.18. The van der Waals surface area contributed by atoms with Gasteiger partial charge in [0.25, 0.3) is 0 Å². The van der Waals surface area contributed by atoms with E-state index in [1.807, 2.05) is 23.1 Å². The third-order valence-corrected chi connectivity index (χ3v) is 4.55. The van der Waals surface area contributed by atoms with Crippen LogP contribution in [0.1, 0.15) is 10.4 Å². The van der Waals surface area contributed by atoms with Crippen molar-refractivity contribution in [3.05, 3.63) is 71.9 Å².